The number of fused-ring (bicyclic) bond motifs is 6. The number of piperazine rings is 1. The van der Waals surface area contributed by atoms with Crippen LogP contribution in [0, 0.1) is 5.92 Å². The van der Waals surface area contributed by atoms with E-state index in [0.717, 1.165) is 206 Å². The minimum absolute atomic E-state index is 0.00762. The molecule has 0 saturated carbocycles. The van der Waals surface area contributed by atoms with Crippen molar-refractivity contribution in [3.05, 3.63) is 244 Å². The molecule has 2 unspecified atom stereocenters. The third-order valence-corrected chi connectivity index (χ3v) is 21.3. The van der Waals surface area contributed by atoms with Crippen molar-refractivity contribution < 1.29 is 24.0 Å². The van der Waals surface area contributed by atoms with Crippen LogP contribution in [0.2, 0.25) is 5.02 Å². The Morgan fingerprint density at radius 2 is 0.981 bits per heavy atom. The van der Waals surface area contributed by atoms with Crippen molar-refractivity contribution in [2.45, 2.75) is 51.9 Å². The van der Waals surface area contributed by atoms with Gasteiger partial charge in [0, 0.05) is 153 Å². The van der Waals surface area contributed by atoms with Gasteiger partial charge in [0.2, 0.25) is 0 Å². The zero-order valence-electron chi connectivity index (χ0n) is 58.6. The summed E-state index contributed by atoms with van der Waals surface area (Å²) in [6.45, 7) is 12.6. The molecule has 6 aromatic carbocycles. The zero-order chi connectivity index (χ0) is 71.8. The number of halogens is 1. The quantitative estimate of drug-likeness (QED) is 0.0446. The lowest BCUT2D eigenvalue weighted by Crippen LogP contribution is -2.46. The molecule has 18 rings (SSSR count). The number of amides is 4. The number of benzene rings is 6. The SMILES string of the molecule is CCN1CCN(c2ccc(Nc3ccc(-c4ccc5c(c4)CNC5=O)n4ccnc34)cc2Cl)CC1.CN(C)C1CCN(C(=O)c2ccc(Nc3ccc(-c4ccc5c(c4)CNC5=O)n4ccnc34)cc2)C1.O=C(CC1CCNC1)c1ccc(Nc2ccc(-c3ccc4c(c3)CNC4=O)n3ccnc23)cc1. The predicted octanol–water partition coefficient (Wildman–Crippen LogP) is 12.7. The minimum atomic E-state index is -0.0187. The summed E-state index contributed by atoms with van der Waals surface area (Å²) in [5, 5.41) is 23.1. The summed E-state index contributed by atoms with van der Waals surface area (Å²) >= 11 is 6.71. The van der Waals surface area contributed by atoms with Crippen LogP contribution >= 0.6 is 11.6 Å². The molecular formula is C82H80ClN17O5. The number of Topliss-reactive ketones (excluding diaryl/α,β-unsaturated/α-hetero) is 1. The third kappa shape index (κ3) is 14.0. The molecule has 12 aromatic rings. The number of hydrogen-bond acceptors (Lipinski definition) is 15. The number of nitrogens with zero attached hydrogens (tertiary/aromatic N) is 10. The van der Waals surface area contributed by atoms with Crippen LogP contribution in [-0.2, 0) is 19.6 Å². The number of ketones is 1. The number of anilines is 7. The normalized spacial score (nSPS) is 16.7. The van der Waals surface area contributed by atoms with Gasteiger partial charge >= 0.3 is 0 Å². The lowest BCUT2D eigenvalue weighted by Gasteiger charge is -2.36. The Hall–Kier alpha value is -11.7. The molecule has 23 heteroatoms. The van der Waals surface area contributed by atoms with Crippen LogP contribution in [0.3, 0.4) is 0 Å². The molecule has 6 aliphatic heterocycles. The molecule has 12 heterocycles. The van der Waals surface area contributed by atoms with Gasteiger partial charge in [0.1, 0.15) is 0 Å². The van der Waals surface area contributed by atoms with Crippen molar-refractivity contribution in [2.75, 3.05) is 93.8 Å². The maximum Gasteiger partial charge on any atom is 0.253 e. The van der Waals surface area contributed by atoms with Crippen molar-refractivity contribution in [3.8, 4) is 33.8 Å². The van der Waals surface area contributed by atoms with Gasteiger partial charge in [0.05, 0.1) is 44.9 Å². The molecular weight excluding hydrogens is 1340 g/mol. The number of imidazole rings is 3. The monoisotopic (exact) mass is 1420 g/mol. The summed E-state index contributed by atoms with van der Waals surface area (Å²) in [6, 6.07) is 51.9. The number of carbonyl (C=O) groups excluding carboxylic acids is 5. The topological polar surface area (TPSA) is 234 Å². The van der Waals surface area contributed by atoms with E-state index in [4.69, 9.17) is 11.6 Å². The van der Waals surface area contributed by atoms with E-state index in [1.807, 2.05) is 141 Å². The number of aromatic nitrogens is 6. The first-order valence-electron chi connectivity index (χ1n) is 35.8. The number of hydrogen-bond donors (Lipinski definition) is 7. The Balaban J connectivity index is 0.000000121. The van der Waals surface area contributed by atoms with Gasteiger partial charge in [-0.3, -0.25) is 37.2 Å². The van der Waals surface area contributed by atoms with Gasteiger partial charge in [0.15, 0.2) is 22.7 Å². The lowest BCUT2D eigenvalue weighted by atomic mass is 9.97. The Bertz CT molecular complexity index is 5340. The first-order valence-corrected chi connectivity index (χ1v) is 36.2. The molecule has 0 radical (unpaired) electrons. The van der Waals surface area contributed by atoms with Crippen LogP contribution in [0.1, 0.15) is 94.7 Å². The highest BCUT2D eigenvalue weighted by Crippen LogP contribution is 2.37. The summed E-state index contributed by atoms with van der Waals surface area (Å²) in [4.78, 5) is 83.9. The third-order valence-electron chi connectivity index (χ3n) is 21.0. The first kappa shape index (κ1) is 67.8. The molecule has 3 saturated heterocycles. The second-order valence-electron chi connectivity index (χ2n) is 27.7. The van der Waals surface area contributed by atoms with E-state index >= 15 is 0 Å². The largest absolute Gasteiger partial charge is 0.368 e. The highest BCUT2D eigenvalue weighted by atomic mass is 35.5. The molecule has 105 heavy (non-hydrogen) atoms. The maximum absolute atomic E-state index is 12.9. The smallest absolute Gasteiger partial charge is 0.253 e. The van der Waals surface area contributed by atoms with Crippen LogP contribution in [0.15, 0.2) is 195 Å². The number of rotatable bonds is 16. The molecule has 6 aliphatic rings. The Labute approximate surface area is 612 Å². The van der Waals surface area contributed by atoms with E-state index in [0.29, 0.717) is 43.6 Å². The predicted molar refractivity (Wildman–Crippen MR) is 412 cm³/mol. The van der Waals surface area contributed by atoms with Crippen molar-refractivity contribution >= 4 is 97.8 Å². The van der Waals surface area contributed by atoms with Gasteiger partial charge in [-0.15, -0.1) is 0 Å². The van der Waals surface area contributed by atoms with Crippen molar-refractivity contribution in [1.29, 1.82) is 0 Å². The minimum Gasteiger partial charge on any atom is -0.368 e. The van der Waals surface area contributed by atoms with Crippen LogP contribution in [0.5, 0.6) is 0 Å². The maximum atomic E-state index is 12.9. The number of carbonyl (C=O) groups is 5. The molecule has 0 spiro atoms. The summed E-state index contributed by atoms with van der Waals surface area (Å²) in [5.41, 5.74) is 21.7. The summed E-state index contributed by atoms with van der Waals surface area (Å²) in [7, 11) is 4.13. The van der Waals surface area contributed by atoms with E-state index in [-0.39, 0.29) is 29.4 Å². The molecule has 22 nitrogen and oxygen atoms in total. The summed E-state index contributed by atoms with van der Waals surface area (Å²) in [6.07, 6.45) is 13.9. The van der Waals surface area contributed by atoms with E-state index in [9.17, 15) is 24.0 Å². The molecule has 0 bridgehead atoms. The van der Waals surface area contributed by atoms with Gasteiger partial charge in [-0.05, 0) is 225 Å². The van der Waals surface area contributed by atoms with Gasteiger partial charge in [0.25, 0.3) is 23.6 Å². The molecule has 2 atom stereocenters. The average molecular weight is 1420 g/mol. The van der Waals surface area contributed by atoms with Crippen LogP contribution in [-0.4, -0.2) is 151 Å². The van der Waals surface area contributed by atoms with Gasteiger partial charge < -0.3 is 56.8 Å². The van der Waals surface area contributed by atoms with Crippen LogP contribution < -0.4 is 42.1 Å². The standard InChI is InChI=1S/C28H28N6O2.C27H27ClN6O.C27H25N5O2/c1-32(2)22-11-13-33(17-22)28(36)18-3-6-21(7-4-18)31-24-9-10-25(34-14-12-29-26(24)34)19-5-8-23-20(15-19)16-30-27(23)35;1-2-32-11-13-33(14-12-32)25-7-4-20(16-22(25)28)31-23-6-8-24(34-10-9-29-26(23)34)18-3-5-21-19(15-18)17-30-27(21)35;33-25(13-17-9-10-28-15-17)18-1-4-21(5-2-18)31-23-7-8-24(32-12-11-29-26(23)32)19-3-6-22-20(14-19)16-30-27(22)34/h3-10,12,14-15,22,31H,11,13,16-17H2,1-2H3,(H,30,35);3-10,15-16,31H,2,11-14,17H2,1H3,(H,30,35);1-8,11-12,14,17,28,31H,9-10,13,15-16H2,(H,30,34). The van der Waals surface area contributed by atoms with E-state index < -0.39 is 0 Å². The molecule has 7 N–H and O–H groups in total. The summed E-state index contributed by atoms with van der Waals surface area (Å²) in [5.74, 6) is 0.683. The lowest BCUT2D eigenvalue weighted by molar-refractivity contribution is 0.0782. The number of likely N-dealkylation sites (tertiary alicyclic amines) is 1. The number of likely N-dealkylation sites (N-methyl/N-ethyl adjacent to an activating group) is 2. The number of nitrogens with one attached hydrogen (secondary N) is 7. The van der Waals surface area contributed by atoms with E-state index in [1.165, 1.54) is 0 Å². The number of pyridine rings is 3. The Morgan fingerprint density at radius 1 is 0.524 bits per heavy atom. The molecule has 3 fully saturated rings. The summed E-state index contributed by atoms with van der Waals surface area (Å²) < 4.78 is 6.15. The second-order valence-corrected chi connectivity index (χ2v) is 28.1. The highest BCUT2D eigenvalue weighted by molar-refractivity contribution is 6.33. The van der Waals surface area contributed by atoms with Gasteiger partial charge in [-0.25, -0.2) is 15.0 Å². The Kier molecular flexibility index (Phi) is 18.9. The molecule has 0 aliphatic carbocycles. The van der Waals surface area contributed by atoms with Crippen molar-refractivity contribution in [3.63, 3.8) is 0 Å². The molecule has 6 aromatic heterocycles. The molecule has 530 valence electrons. The first-order chi connectivity index (χ1) is 51.2. The highest BCUT2D eigenvalue weighted by Gasteiger charge is 2.30. The van der Waals surface area contributed by atoms with Crippen molar-refractivity contribution in [1.82, 2.24) is 64.1 Å². The van der Waals surface area contributed by atoms with E-state index in [1.54, 1.807) is 18.6 Å². The molecule has 4 amide bonds. The van der Waals surface area contributed by atoms with Gasteiger partial charge in [-0.1, -0.05) is 36.7 Å². The van der Waals surface area contributed by atoms with E-state index in [2.05, 4.69) is 141 Å². The zero-order valence-corrected chi connectivity index (χ0v) is 59.4. The van der Waals surface area contributed by atoms with Crippen molar-refractivity contribution in [2.24, 2.45) is 5.92 Å². The van der Waals surface area contributed by atoms with Crippen LogP contribution in [0.4, 0.5) is 39.8 Å². The fourth-order valence-corrected chi connectivity index (χ4v) is 15.4. The van der Waals surface area contributed by atoms with Crippen LogP contribution in [0.25, 0.3) is 50.7 Å². The second kappa shape index (κ2) is 29.2. The fourth-order valence-electron chi connectivity index (χ4n) is 15.1. The fraction of sp³-hybridized carbons (Fsp3) is 0.244. The Morgan fingerprint density at radius 3 is 1.41 bits per heavy atom. The van der Waals surface area contributed by atoms with Gasteiger partial charge in [-0.2, -0.15) is 0 Å². The average Bonchev–Trinajstić information content (AvgIpc) is 1.68.